The predicted molar refractivity (Wildman–Crippen MR) is 34.9 cm³/mol. The van der Waals surface area contributed by atoms with Crippen LogP contribution in [0.25, 0.3) is 0 Å². The Hall–Kier alpha value is -0.410. The Morgan fingerprint density at radius 3 is 2.67 bits per heavy atom. The van der Waals surface area contributed by atoms with Crippen LogP contribution in [0, 0.1) is 0 Å². The number of rotatable bonds is 4. The van der Waals surface area contributed by atoms with Gasteiger partial charge in [0.05, 0.1) is 0 Å². The molecule has 0 saturated carbocycles. The Balaban J connectivity index is 3.27. The van der Waals surface area contributed by atoms with Crippen molar-refractivity contribution in [1.82, 2.24) is 0 Å². The van der Waals surface area contributed by atoms with Crippen LogP contribution in [-0.2, 0) is 9.53 Å². The van der Waals surface area contributed by atoms with E-state index in [0.29, 0.717) is 6.61 Å². The zero-order chi connectivity index (χ0) is 7.28. The van der Waals surface area contributed by atoms with E-state index in [4.69, 9.17) is 10.5 Å². The molecule has 0 aromatic heterocycles. The van der Waals surface area contributed by atoms with Crippen molar-refractivity contribution in [3.8, 4) is 0 Å². The van der Waals surface area contributed by atoms with Crippen LogP contribution in [-0.4, -0.2) is 18.6 Å². The molecule has 0 rings (SSSR count). The van der Waals surface area contributed by atoms with Crippen molar-refractivity contribution in [3.05, 3.63) is 0 Å². The van der Waals surface area contributed by atoms with Crippen LogP contribution in [0.2, 0.25) is 0 Å². The number of Topliss-reactive ketones (excluding diaryl/α,β-unsaturated/α-hetero) is 1. The van der Waals surface area contributed by atoms with Crippen molar-refractivity contribution in [2.45, 2.75) is 26.5 Å². The number of hydrogen-bond acceptors (Lipinski definition) is 3. The minimum Gasteiger partial charge on any atom is -0.356 e. The van der Waals surface area contributed by atoms with Gasteiger partial charge in [0, 0.05) is 6.61 Å². The third kappa shape index (κ3) is 4.12. The minimum atomic E-state index is -0.718. The predicted octanol–water partition coefficient (Wildman–Crippen LogP) is 0.287. The van der Waals surface area contributed by atoms with Crippen molar-refractivity contribution < 1.29 is 9.53 Å². The summed E-state index contributed by atoms with van der Waals surface area (Å²) in [5, 5.41) is 0. The molecule has 0 bridgehead atoms. The van der Waals surface area contributed by atoms with Gasteiger partial charge in [0.15, 0.2) is 12.0 Å². The van der Waals surface area contributed by atoms with Gasteiger partial charge in [0.2, 0.25) is 0 Å². The van der Waals surface area contributed by atoms with E-state index in [2.05, 4.69) is 0 Å². The number of hydrogen-bond donors (Lipinski definition) is 1. The molecule has 0 amide bonds. The second-order valence-electron chi connectivity index (χ2n) is 1.90. The minimum absolute atomic E-state index is 0.122. The Morgan fingerprint density at radius 1 is 1.78 bits per heavy atom. The van der Waals surface area contributed by atoms with E-state index in [-0.39, 0.29) is 5.78 Å². The van der Waals surface area contributed by atoms with Crippen LogP contribution in [0.5, 0.6) is 0 Å². The van der Waals surface area contributed by atoms with Crippen LogP contribution in [0.15, 0.2) is 0 Å². The first-order chi connectivity index (χ1) is 4.18. The van der Waals surface area contributed by atoms with Gasteiger partial charge in [-0.2, -0.15) is 0 Å². The number of carbonyl (C=O) groups is 1. The first kappa shape index (κ1) is 8.59. The van der Waals surface area contributed by atoms with Crippen molar-refractivity contribution in [1.29, 1.82) is 0 Å². The number of nitrogens with two attached hydrogens (primary N) is 1. The molecule has 0 aliphatic heterocycles. The molecule has 0 spiro atoms. The zero-order valence-corrected chi connectivity index (χ0v) is 5.89. The van der Waals surface area contributed by atoms with Crippen molar-refractivity contribution in [3.63, 3.8) is 0 Å². The number of ketones is 1. The van der Waals surface area contributed by atoms with Crippen LogP contribution < -0.4 is 5.73 Å². The van der Waals surface area contributed by atoms with Crippen molar-refractivity contribution in [2.75, 3.05) is 6.61 Å². The van der Waals surface area contributed by atoms with Crippen LogP contribution in [0.4, 0.5) is 0 Å². The fourth-order valence-corrected chi connectivity index (χ4v) is 0.362. The highest BCUT2D eigenvalue weighted by Gasteiger charge is 2.05. The van der Waals surface area contributed by atoms with Gasteiger partial charge in [0.1, 0.15) is 0 Å². The maximum Gasteiger partial charge on any atom is 0.173 e. The van der Waals surface area contributed by atoms with E-state index in [1.54, 1.807) is 0 Å². The van der Waals surface area contributed by atoms with Gasteiger partial charge in [0.25, 0.3) is 0 Å². The molecule has 0 aromatic rings. The molecular weight excluding hydrogens is 118 g/mol. The average molecular weight is 131 g/mol. The molecule has 0 aromatic carbocycles. The second kappa shape index (κ2) is 4.47. The quantitative estimate of drug-likeness (QED) is 0.558. The lowest BCUT2D eigenvalue weighted by Crippen LogP contribution is -2.31. The molecule has 0 saturated heterocycles. The monoisotopic (exact) mass is 131 g/mol. The summed E-state index contributed by atoms with van der Waals surface area (Å²) in [5.74, 6) is -0.122. The molecule has 0 heterocycles. The smallest absolute Gasteiger partial charge is 0.173 e. The normalized spacial score (nSPS) is 13.2. The Kier molecular flexibility index (Phi) is 4.26. The van der Waals surface area contributed by atoms with Crippen LogP contribution in [0.3, 0.4) is 0 Å². The molecule has 9 heavy (non-hydrogen) atoms. The van der Waals surface area contributed by atoms with Crippen LogP contribution in [0.1, 0.15) is 20.3 Å². The summed E-state index contributed by atoms with van der Waals surface area (Å²) < 4.78 is 4.88. The van der Waals surface area contributed by atoms with E-state index in [1.807, 2.05) is 6.92 Å². The molecule has 3 heteroatoms. The van der Waals surface area contributed by atoms with E-state index < -0.39 is 6.23 Å². The topological polar surface area (TPSA) is 52.3 Å². The Morgan fingerprint density at radius 2 is 2.33 bits per heavy atom. The summed E-state index contributed by atoms with van der Waals surface area (Å²) in [4.78, 5) is 10.4. The van der Waals surface area contributed by atoms with Gasteiger partial charge in [-0.3, -0.25) is 10.5 Å². The largest absolute Gasteiger partial charge is 0.356 e. The third-order valence-electron chi connectivity index (χ3n) is 0.902. The van der Waals surface area contributed by atoms with E-state index in [9.17, 15) is 4.79 Å². The SMILES string of the molecule is CCCO[C@@H](N)C(C)=O. The fraction of sp³-hybridized carbons (Fsp3) is 0.833. The lowest BCUT2D eigenvalue weighted by Gasteiger charge is -2.06. The zero-order valence-electron chi connectivity index (χ0n) is 5.89. The molecule has 0 radical (unpaired) electrons. The van der Waals surface area contributed by atoms with E-state index in [0.717, 1.165) is 6.42 Å². The van der Waals surface area contributed by atoms with E-state index in [1.165, 1.54) is 6.92 Å². The summed E-state index contributed by atoms with van der Waals surface area (Å²) in [5.41, 5.74) is 5.23. The molecule has 3 nitrogen and oxygen atoms in total. The lowest BCUT2D eigenvalue weighted by atomic mass is 10.4. The van der Waals surface area contributed by atoms with Gasteiger partial charge in [-0.05, 0) is 13.3 Å². The standard InChI is InChI=1S/C6H13NO2/c1-3-4-9-6(7)5(2)8/h6H,3-4,7H2,1-2H3/t6-/m1/s1. The lowest BCUT2D eigenvalue weighted by molar-refractivity contribution is -0.128. The summed E-state index contributed by atoms with van der Waals surface area (Å²) >= 11 is 0. The summed E-state index contributed by atoms with van der Waals surface area (Å²) in [6, 6.07) is 0. The Labute approximate surface area is 55.2 Å². The van der Waals surface area contributed by atoms with Crippen LogP contribution >= 0.6 is 0 Å². The highest BCUT2D eigenvalue weighted by atomic mass is 16.5. The van der Waals surface area contributed by atoms with Gasteiger partial charge in [-0.25, -0.2) is 0 Å². The van der Waals surface area contributed by atoms with Gasteiger partial charge < -0.3 is 4.74 Å². The molecular formula is C6H13NO2. The molecule has 2 N–H and O–H groups in total. The highest BCUT2D eigenvalue weighted by Crippen LogP contribution is 1.86. The molecule has 0 aliphatic rings. The summed E-state index contributed by atoms with van der Waals surface area (Å²) in [6.07, 6.45) is 0.172. The van der Waals surface area contributed by atoms with Crippen molar-refractivity contribution >= 4 is 5.78 Å². The maximum absolute atomic E-state index is 10.4. The number of carbonyl (C=O) groups excluding carboxylic acids is 1. The first-order valence-corrected chi connectivity index (χ1v) is 3.06. The fourth-order valence-electron chi connectivity index (χ4n) is 0.362. The molecule has 0 unspecified atom stereocenters. The molecule has 54 valence electrons. The highest BCUT2D eigenvalue weighted by molar-refractivity contribution is 5.79. The van der Waals surface area contributed by atoms with Crippen molar-refractivity contribution in [2.24, 2.45) is 5.73 Å². The Bertz CT molecular complexity index is 93.1. The van der Waals surface area contributed by atoms with Gasteiger partial charge in [-0.1, -0.05) is 6.92 Å². The summed E-state index contributed by atoms with van der Waals surface area (Å²) in [6.45, 7) is 3.94. The molecule has 0 aliphatic carbocycles. The third-order valence-corrected chi connectivity index (χ3v) is 0.902. The number of ether oxygens (including phenoxy) is 1. The van der Waals surface area contributed by atoms with Gasteiger partial charge in [-0.15, -0.1) is 0 Å². The molecule has 0 fully saturated rings. The van der Waals surface area contributed by atoms with Gasteiger partial charge >= 0.3 is 0 Å². The first-order valence-electron chi connectivity index (χ1n) is 3.06. The van der Waals surface area contributed by atoms with E-state index >= 15 is 0 Å². The average Bonchev–Trinajstić information content (AvgIpc) is 1.82. The maximum atomic E-state index is 10.4. The molecule has 1 atom stereocenters. The second-order valence-corrected chi connectivity index (χ2v) is 1.90. The summed E-state index contributed by atoms with van der Waals surface area (Å²) in [7, 11) is 0.